The molecule has 150 valence electrons. The number of hydrogen-bond donors (Lipinski definition) is 1. The van der Waals surface area contributed by atoms with Crippen molar-refractivity contribution in [2.45, 2.75) is 38.4 Å². The number of carboxylic acid groups (broad SMARTS) is 1. The highest BCUT2D eigenvalue weighted by atomic mass is 35.5. The lowest BCUT2D eigenvalue weighted by molar-refractivity contribution is -0.173. The van der Waals surface area contributed by atoms with Crippen LogP contribution in [0, 0.1) is 0 Å². The number of esters is 1. The van der Waals surface area contributed by atoms with Crippen molar-refractivity contribution in [3.8, 4) is 0 Å². The minimum Gasteiger partial charge on any atom is -0.481 e. The lowest BCUT2D eigenvalue weighted by atomic mass is 9.85. The van der Waals surface area contributed by atoms with Gasteiger partial charge >= 0.3 is 11.9 Å². The second-order valence-electron chi connectivity index (χ2n) is 6.49. The van der Waals surface area contributed by atoms with Gasteiger partial charge in [-0.15, -0.1) is 0 Å². The highest BCUT2D eigenvalue weighted by molar-refractivity contribution is 6.30. The zero-order valence-corrected chi connectivity index (χ0v) is 17.2. The highest BCUT2D eigenvalue weighted by Gasteiger charge is 2.45. The van der Waals surface area contributed by atoms with Crippen molar-refractivity contribution in [2.24, 2.45) is 0 Å². The number of aliphatic carboxylic acids is 1. The molecule has 0 amide bonds. The molecule has 0 bridgehead atoms. The number of carbonyl (C=O) groups excluding carboxylic acids is 1. The summed E-state index contributed by atoms with van der Waals surface area (Å²) in [4.78, 5) is 24.1. The van der Waals surface area contributed by atoms with Crippen LogP contribution in [0.15, 0.2) is 48.5 Å². The standard InChI is InChI=1S/C21H22Cl2O5/c1-14(2)28-20(26)21(27-13-3-4-19(24)25,15-5-9-17(22)10-6-15)16-7-11-18(23)12-8-16/h5-12,14H,3-4,13H2,1-2H3,(H,24,25). The summed E-state index contributed by atoms with van der Waals surface area (Å²) in [5.41, 5.74) is -0.516. The van der Waals surface area contributed by atoms with Crippen molar-refractivity contribution in [1.29, 1.82) is 0 Å². The van der Waals surface area contributed by atoms with Crippen LogP contribution in [0.25, 0.3) is 0 Å². The number of halogens is 2. The zero-order valence-electron chi connectivity index (χ0n) is 15.7. The zero-order chi connectivity index (χ0) is 20.7. The van der Waals surface area contributed by atoms with E-state index in [4.69, 9.17) is 37.8 Å². The highest BCUT2D eigenvalue weighted by Crippen LogP contribution is 2.37. The Labute approximate surface area is 174 Å². The van der Waals surface area contributed by atoms with Gasteiger partial charge in [0.05, 0.1) is 6.10 Å². The van der Waals surface area contributed by atoms with Gasteiger partial charge in [-0.05, 0) is 55.7 Å². The Morgan fingerprint density at radius 2 is 1.43 bits per heavy atom. The Balaban J connectivity index is 2.55. The van der Waals surface area contributed by atoms with Gasteiger partial charge in [0.25, 0.3) is 0 Å². The topological polar surface area (TPSA) is 72.8 Å². The number of benzene rings is 2. The molecule has 0 heterocycles. The van der Waals surface area contributed by atoms with E-state index < -0.39 is 17.5 Å². The molecule has 0 fully saturated rings. The molecule has 7 heteroatoms. The number of carbonyl (C=O) groups is 2. The first kappa shape index (κ1) is 22.2. The van der Waals surface area contributed by atoms with E-state index in [1.54, 1.807) is 62.4 Å². The summed E-state index contributed by atoms with van der Waals surface area (Å²) < 4.78 is 11.6. The van der Waals surface area contributed by atoms with Crippen LogP contribution in [0.3, 0.4) is 0 Å². The maximum absolute atomic E-state index is 13.2. The van der Waals surface area contributed by atoms with Gasteiger partial charge in [0.1, 0.15) is 0 Å². The van der Waals surface area contributed by atoms with E-state index in [-0.39, 0.29) is 25.6 Å². The van der Waals surface area contributed by atoms with Crippen molar-refractivity contribution in [1.82, 2.24) is 0 Å². The predicted molar refractivity (Wildman–Crippen MR) is 108 cm³/mol. The molecule has 0 aliphatic heterocycles. The predicted octanol–water partition coefficient (Wildman–Crippen LogP) is 5.07. The molecule has 0 unspecified atom stereocenters. The second kappa shape index (κ2) is 9.92. The molecule has 0 aromatic heterocycles. The number of carboxylic acids is 1. The molecule has 1 N–H and O–H groups in total. The first-order chi connectivity index (χ1) is 13.3. The molecule has 0 aliphatic carbocycles. The molecular formula is C21H22Cl2O5. The van der Waals surface area contributed by atoms with Gasteiger partial charge < -0.3 is 14.6 Å². The van der Waals surface area contributed by atoms with E-state index in [0.29, 0.717) is 21.2 Å². The summed E-state index contributed by atoms with van der Waals surface area (Å²) in [5, 5.41) is 9.91. The van der Waals surface area contributed by atoms with Crippen LogP contribution < -0.4 is 0 Å². The van der Waals surface area contributed by atoms with Crippen LogP contribution >= 0.6 is 23.2 Å². The summed E-state index contributed by atoms with van der Waals surface area (Å²) in [7, 11) is 0. The third-order valence-corrected chi connectivity index (χ3v) is 4.49. The molecule has 5 nitrogen and oxygen atoms in total. The molecule has 28 heavy (non-hydrogen) atoms. The van der Waals surface area contributed by atoms with Gasteiger partial charge in [0.15, 0.2) is 0 Å². The summed E-state index contributed by atoms with van der Waals surface area (Å²) in [5.74, 6) is -1.53. The maximum Gasteiger partial charge on any atom is 0.348 e. The molecule has 2 aromatic rings. The minimum atomic E-state index is -1.57. The third-order valence-electron chi connectivity index (χ3n) is 3.99. The first-order valence-electron chi connectivity index (χ1n) is 8.84. The molecule has 2 rings (SSSR count). The molecule has 0 aliphatic rings. The van der Waals surface area contributed by atoms with E-state index >= 15 is 0 Å². The second-order valence-corrected chi connectivity index (χ2v) is 7.37. The summed E-state index contributed by atoms with van der Waals surface area (Å²) in [6, 6.07) is 13.4. The van der Waals surface area contributed by atoms with Gasteiger partial charge in [-0.25, -0.2) is 4.79 Å². The minimum absolute atomic E-state index is 0.0464. The number of ether oxygens (including phenoxy) is 2. The normalized spacial score (nSPS) is 11.5. The van der Waals surface area contributed by atoms with Gasteiger partial charge in [-0.3, -0.25) is 4.79 Å². The van der Waals surface area contributed by atoms with Crippen molar-refractivity contribution >= 4 is 35.1 Å². The van der Waals surface area contributed by atoms with E-state index in [9.17, 15) is 9.59 Å². The van der Waals surface area contributed by atoms with Crippen molar-refractivity contribution in [3.63, 3.8) is 0 Å². The fourth-order valence-corrected chi connectivity index (χ4v) is 2.99. The SMILES string of the molecule is CC(C)OC(=O)C(OCCCC(=O)O)(c1ccc(Cl)cc1)c1ccc(Cl)cc1. The smallest absolute Gasteiger partial charge is 0.348 e. The molecule has 0 saturated carbocycles. The lowest BCUT2D eigenvalue weighted by Gasteiger charge is -2.33. The Morgan fingerprint density at radius 1 is 0.964 bits per heavy atom. The molecule has 2 aromatic carbocycles. The van der Waals surface area contributed by atoms with E-state index in [0.717, 1.165) is 0 Å². The molecule has 0 saturated heterocycles. The summed E-state index contributed by atoms with van der Waals surface area (Å²) in [6.45, 7) is 3.54. The van der Waals surface area contributed by atoms with Crippen molar-refractivity contribution < 1.29 is 24.2 Å². The Hall–Kier alpha value is -2.08. The Bertz CT molecular complexity index is 755. The van der Waals surface area contributed by atoms with E-state index in [2.05, 4.69) is 0 Å². The number of hydrogen-bond acceptors (Lipinski definition) is 4. The van der Waals surface area contributed by atoms with Crippen LogP contribution in [0.2, 0.25) is 10.0 Å². The van der Waals surface area contributed by atoms with Crippen molar-refractivity contribution in [3.05, 3.63) is 69.7 Å². The van der Waals surface area contributed by atoms with E-state index in [1.807, 2.05) is 0 Å². The fraction of sp³-hybridized carbons (Fsp3) is 0.333. The average Bonchev–Trinajstić information content (AvgIpc) is 2.63. The van der Waals surface area contributed by atoms with Crippen LogP contribution in [0.5, 0.6) is 0 Å². The number of rotatable bonds is 9. The molecule has 0 spiro atoms. The monoisotopic (exact) mass is 424 g/mol. The van der Waals surface area contributed by atoms with Gasteiger partial charge in [0, 0.05) is 23.1 Å². The maximum atomic E-state index is 13.2. The van der Waals surface area contributed by atoms with Crippen LogP contribution in [0.4, 0.5) is 0 Å². The fourth-order valence-electron chi connectivity index (χ4n) is 2.74. The van der Waals surface area contributed by atoms with Gasteiger partial charge in [-0.1, -0.05) is 47.5 Å². The molecular weight excluding hydrogens is 403 g/mol. The van der Waals surface area contributed by atoms with Gasteiger partial charge in [0.2, 0.25) is 5.60 Å². The Morgan fingerprint density at radius 3 is 1.82 bits per heavy atom. The average molecular weight is 425 g/mol. The molecule has 0 radical (unpaired) electrons. The van der Waals surface area contributed by atoms with Gasteiger partial charge in [-0.2, -0.15) is 0 Å². The van der Waals surface area contributed by atoms with Crippen LogP contribution in [-0.2, 0) is 24.7 Å². The summed E-state index contributed by atoms with van der Waals surface area (Å²) in [6.07, 6.45) is -0.196. The van der Waals surface area contributed by atoms with E-state index in [1.165, 1.54) is 0 Å². The quantitative estimate of drug-likeness (QED) is 0.449. The summed E-state index contributed by atoms with van der Waals surface area (Å²) >= 11 is 12.0. The van der Waals surface area contributed by atoms with Crippen molar-refractivity contribution in [2.75, 3.05) is 6.61 Å². The first-order valence-corrected chi connectivity index (χ1v) is 9.60. The lowest BCUT2D eigenvalue weighted by Crippen LogP contribution is -2.42. The largest absolute Gasteiger partial charge is 0.481 e. The third kappa shape index (κ3) is 5.47. The molecule has 0 atom stereocenters. The van der Waals surface area contributed by atoms with Crippen LogP contribution in [-0.4, -0.2) is 29.8 Å². The van der Waals surface area contributed by atoms with Crippen LogP contribution in [0.1, 0.15) is 37.8 Å². The Kier molecular flexibility index (Phi) is 7.87.